The number of ether oxygens (including phenoxy) is 1. The lowest BCUT2D eigenvalue weighted by Gasteiger charge is -2.19. The highest BCUT2D eigenvalue weighted by Crippen LogP contribution is 2.15. The molecule has 1 rings (SSSR count). The Morgan fingerprint density at radius 3 is 2.63 bits per heavy atom. The minimum Gasteiger partial charge on any atom is -0.459 e. The molecule has 0 bridgehead atoms. The molecule has 0 unspecified atom stereocenters. The van der Waals surface area contributed by atoms with E-state index >= 15 is 0 Å². The minimum absolute atomic E-state index is 0.0294. The predicted octanol–water partition coefficient (Wildman–Crippen LogP) is 1.94. The van der Waals surface area contributed by atoms with Crippen molar-refractivity contribution in [3.8, 4) is 0 Å². The Bertz CT molecular complexity index is 479. The largest absolute Gasteiger partial charge is 0.459 e. The maximum Gasteiger partial charge on any atom is 0.434 e. The molecular formula is C11H17ClN3O4+. The van der Waals surface area contributed by atoms with Crippen molar-refractivity contribution in [3.05, 3.63) is 16.7 Å². The van der Waals surface area contributed by atoms with Gasteiger partial charge in [-0.3, -0.25) is 0 Å². The molecule has 0 N–H and O–H groups in total. The van der Waals surface area contributed by atoms with E-state index in [0.29, 0.717) is 5.69 Å². The molecule has 0 radical (unpaired) electrons. The minimum atomic E-state index is -0.578. The van der Waals surface area contributed by atoms with Crippen molar-refractivity contribution in [2.24, 2.45) is 0 Å². The molecule has 0 aliphatic carbocycles. The molecule has 0 amide bonds. The van der Waals surface area contributed by atoms with Crippen LogP contribution in [0, 0.1) is 4.91 Å². The highest BCUT2D eigenvalue weighted by Gasteiger charge is 2.25. The van der Waals surface area contributed by atoms with Crippen molar-refractivity contribution in [1.29, 1.82) is 0 Å². The van der Waals surface area contributed by atoms with Crippen LogP contribution < -0.4 is 0 Å². The number of esters is 1. The lowest BCUT2D eigenvalue weighted by atomic mass is 10.2. The molecule has 7 nitrogen and oxygen atoms in total. The first-order chi connectivity index (χ1) is 8.76. The lowest BCUT2D eigenvalue weighted by Crippen LogP contribution is -2.27. The lowest BCUT2D eigenvalue weighted by molar-refractivity contribution is -0.739. The Labute approximate surface area is 116 Å². The Hall–Kier alpha value is -1.63. The maximum absolute atomic E-state index is 11.7. The van der Waals surface area contributed by atoms with Crippen molar-refractivity contribution in [3.63, 3.8) is 0 Å². The van der Waals surface area contributed by atoms with Gasteiger partial charge < -0.3 is 9.57 Å². The third-order valence-electron chi connectivity index (χ3n) is 2.04. The van der Waals surface area contributed by atoms with E-state index in [2.05, 4.69) is 9.94 Å². The molecule has 8 heteroatoms. The predicted molar refractivity (Wildman–Crippen MR) is 67.9 cm³/mol. The summed E-state index contributed by atoms with van der Waals surface area (Å²) in [7, 11) is 1.22. The van der Waals surface area contributed by atoms with E-state index < -0.39 is 11.6 Å². The van der Waals surface area contributed by atoms with Crippen molar-refractivity contribution in [1.82, 2.24) is 9.78 Å². The third kappa shape index (κ3) is 4.51. The number of halogens is 1. The van der Waals surface area contributed by atoms with Gasteiger partial charge in [0.25, 0.3) is 0 Å². The van der Waals surface area contributed by atoms with Gasteiger partial charge in [-0.05, 0) is 25.7 Å². The molecule has 1 aromatic rings. The van der Waals surface area contributed by atoms with Crippen LogP contribution in [0.2, 0.25) is 0 Å². The molecule has 0 aromatic carbocycles. The summed E-state index contributed by atoms with van der Waals surface area (Å²) in [4.78, 5) is 27.7. The quantitative estimate of drug-likeness (QED) is 0.471. The second kappa shape index (κ2) is 6.01. The van der Waals surface area contributed by atoms with Crippen LogP contribution in [0.4, 0.5) is 5.82 Å². The first kappa shape index (κ1) is 15.4. The van der Waals surface area contributed by atoms with E-state index in [1.165, 1.54) is 17.9 Å². The molecule has 0 saturated carbocycles. The fraction of sp³-hybridized carbons (Fsp3) is 0.636. The zero-order valence-corrected chi connectivity index (χ0v) is 12.1. The zero-order chi connectivity index (χ0) is 14.6. The van der Waals surface area contributed by atoms with Gasteiger partial charge in [0.2, 0.25) is 0 Å². The van der Waals surface area contributed by atoms with Crippen LogP contribution in [0.3, 0.4) is 0 Å². The number of alkyl halides is 1. The summed E-state index contributed by atoms with van der Waals surface area (Å²) in [5.41, 5.74) is -0.0499. The molecule has 0 aliphatic rings. The van der Waals surface area contributed by atoms with Gasteiger partial charge in [0.05, 0.1) is 22.7 Å². The normalized spacial score (nSPS) is 11.2. The number of hydrogen-bond donors (Lipinski definition) is 0. The molecule has 1 aromatic heterocycles. The Kier molecular flexibility index (Phi) is 4.88. The van der Waals surface area contributed by atoms with Crippen molar-refractivity contribution in [2.75, 3.05) is 7.11 Å². The molecule has 0 spiro atoms. The van der Waals surface area contributed by atoms with E-state index in [-0.39, 0.29) is 23.2 Å². The summed E-state index contributed by atoms with van der Waals surface area (Å²) in [5.74, 6) is -0.307. The summed E-state index contributed by atoms with van der Waals surface area (Å²) in [5, 5.41) is 3.94. The molecular weight excluding hydrogens is 274 g/mol. The second-order valence-corrected chi connectivity index (χ2v) is 5.08. The molecule has 0 aliphatic heterocycles. The molecule has 106 valence electrons. The van der Waals surface area contributed by atoms with Crippen molar-refractivity contribution < 1.29 is 19.3 Å². The topological polar surface area (TPSA) is 73.4 Å². The van der Waals surface area contributed by atoms with Crippen LogP contribution in [0.15, 0.2) is 6.07 Å². The Balaban J connectivity index is 2.85. The maximum atomic E-state index is 11.7. The summed E-state index contributed by atoms with van der Waals surface area (Å²) in [6.45, 7) is 5.20. The number of nitrogens with zero attached hydrogens (tertiary/aromatic N) is 3. The Morgan fingerprint density at radius 1 is 1.53 bits per heavy atom. The second-order valence-electron chi connectivity index (χ2n) is 4.81. The van der Waals surface area contributed by atoms with Gasteiger partial charge >= 0.3 is 11.8 Å². The first-order valence-electron chi connectivity index (χ1n) is 5.62. The standard InChI is InChI=1S/C11H17ClN3O4/c1-11(2,3)19-10(16)7-14-8(6-12)5-9(13-14)15(17)18-4/h5H,6-7H2,1-4H3/q+1. The van der Waals surface area contributed by atoms with Crippen molar-refractivity contribution >= 4 is 23.4 Å². The highest BCUT2D eigenvalue weighted by molar-refractivity contribution is 6.16. The van der Waals surface area contributed by atoms with Crippen LogP contribution in [0.5, 0.6) is 0 Å². The van der Waals surface area contributed by atoms with E-state index in [9.17, 15) is 9.70 Å². The van der Waals surface area contributed by atoms with Gasteiger partial charge in [-0.15, -0.1) is 11.6 Å². The SMILES string of the molecule is CO[N+](=O)c1cc(CCl)n(CC(=O)OC(C)(C)C)n1. The summed E-state index contributed by atoms with van der Waals surface area (Å²) in [6.07, 6.45) is 0. The molecule has 19 heavy (non-hydrogen) atoms. The summed E-state index contributed by atoms with van der Waals surface area (Å²) >= 11 is 5.74. The molecule has 0 atom stereocenters. The fourth-order valence-electron chi connectivity index (χ4n) is 1.36. The van der Waals surface area contributed by atoms with E-state index in [1.807, 2.05) is 0 Å². The number of aromatic nitrogens is 2. The monoisotopic (exact) mass is 290 g/mol. The average Bonchev–Trinajstić information content (AvgIpc) is 2.68. The zero-order valence-electron chi connectivity index (χ0n) is 11.3. The smallest absolute Gasteiger partial charge is 0.434 e. The van der Waals surface area contributed by atoms with E-state index in [0.717, 1.165) is 0 Å². The fourth-order valence-corrected chi connectivity index (χ4v) is 1.58. The highest BCUT2D eigenvalue weighted by atomic mass is 35.5. The third-order valence-corrected chi connectivity index (χ3v) is 2.31. The number of carbonyl (C=O) groups is 1. The van der Waals surface area contributed by atoms with Crippen LogP contribution in [-0.4, -0.2) is 33.4 Å². The summed E-state index contributed by atoms with van der Waals surface area (Å²) < 4.78 is 6.49. The van der Waals surface area contributed by atoms with Gasteiger partial charge in [0.15, 0.2) is 11.5 Å². The van der Waals surface area contributed by atoms with Gasteiger partial charge in [-0.2, -0.15) is 4.68 Å². The van der Waals surface area contributed by atoms with E-state index in [1.54, 1.807) is 20.8 Å². The Morgan fingerprint density at radius 2 is 2.16 bits per heavy atom. The first-order valence-corrected chi connectivity index (χ1v) is 6.16. The molecule has 1 heterocycles. The number of carbonyl (C=O) groups excluding carboxylic acids is 1. The van der Waals surface area contributed by atoms with Crippen LogP contribution in [0.25, 0.3) is 0 Å². The van der Waals surface area contributed by atoms with Crippen molar-refractivity contribution in [2.45, 2.75) is 38.8 Å². The number of rotatable bonds is 5. The summed E-state index contributed by atoms with van der Waals surface area (Å²) in [6, 6.07) is 1.45. The molecule has 0 saturated heterocycles. The van der Waals surface area contributed by atoms with Crippen LogP contribution in [0.1, 0.15) is 26.5 Å². The van der Waals surface area contributed by atoms with Crippen LogP contribution >= 0.6 is 11.6 Å². The molecule has 0 fully saturated rings. The van der Waals surface area contributed by atoms with Gasteiger partial charge in [-0.25, -0.2) is 4.79 Å². The van der Waals surface area contributed by atoms with Gasteiger partial charge in [0, 0.05) is 0 Å². The number of hydrogen-bond acceptors (Lipinski definition) is 5. The van der Waals surface area contributed by atoms with Crippen LogP contribution in [-0.2, 0) is 26.8 Å². The average molecular weight is 291 g/mol. The van der Waals surface area contributed by atoms with E-state index in [4.69, 9.17) is 16.3 Å². The van der Waals surface area contributed by atoms with Gasteiger partial charge in [-0.1, -0.05) is 0 Å². The van der Waals surface area contributed by atoms with Gasteiger partial charge in [0.1, 0.15) is 12.7 Å².